The van der Waals surface area contributed by atoms with Crippen molar-refractivity contribution in [1.29, 1.82) is 0 Å². The number of methoxy groups -OCH3 is 1. The molecular formula is C15H12ClN5O. The van der Waals surface area contributed by atoms with E-state index in [1.807, 2.05) is 24.3 Å². The van der Waals surface area contributed by atoms with Gasteiger partial charge in [-0.15, -0.1) is 0 Å². The molecular weight excluding hydrogens is 302 g/mol. The van der Waals surface area contributed by atoms with Gasteiger partial charge in [0.1, 0.15) is 16.6 Å². The second-order valence-electron chi connectivity index (χ2n) is 4.42. The van der Waals surface area contributed by atoms with Crippen LogP contribution in [-0.2, 0) is 0 Å². The molecule has 110 valence electrons. The van der Waals surface area contributed by atoms with E-state index in [2.05, 4.69) is 19.9 Å². The van der Waals surface area contributed by atoms with E-state index in [0.717, 1.165) is 11.3 Å². The molecule has 0 aliphatic heterocycles. The molecule has 0 radical (unpaired) electrons. The van der Waals surface area contributed by atoms with Gasteiger partial charge in [-0.3, -0.25) is 4.98 Å². The van der Waals surface area contributed by atoms with Crippen molar-refractivity contribution >= 4 is 17.5 Å². The molecule has 22 heavy (non-hydrogen) atoms. The average molecular weight is 314 g/mol. The molecule has 0 fully saturated rings. The van der Waals surface area contributed by atoms with Crippen molar-refractivity contribution in [3.05, 3.63) is 47.9 Å². The molecule has 0 amide bonds. The second kappa shape index (κ2) is 5.95. The van der Waals surface area contributed by atoms with Gasteiger partial charge in [-0.05, 0) is 24.3 Å². The van der Waals surface area contributed by atoms with Gasteiger partial charge < -0.3 is 10.5 Å². The van der Waals surface area contributed by atoms with Crippen molar-refractivity contribution in [3.8, 4) is 28.4 Å². The van der Waals surface area contributed by atoms with Crippen LogP contribution >= 0.6 is 11.6 Å². The van der Waals surface area contributed by atoms with Gasteiger partial charge in [0.25, 0.3) is 0 Å². The molecule has 0 spiro atoms. The van der Waals surface area contributed by atoms with E-state index in [1.54, 1.807) is 25.6 Å². The normalized spacial score (nSPS) is 10.5. The lowest BCUT2D eigenvalue weighted by Gasteiger charge is -2.10. The van der Waals surface area contributed by atoms with Crippen molar-refractivity contribution in [1.82, 2.24) is 19.9 Å². The first-order valence-corrected chi connectivity index (χ1v) is 6.81. The van der Waals surface area contributed by atoms with E-state index in [0.29, 0.717) is 17.1 Å². The molecule has 0 aromatic carbocycles. The number of rotatable bonds is 3. The summed E-state index contributed by atoms with van der Waals surface area (Å²) in [6.07, 6.45) is 3.42. The summed E-state index contributed by atoms with van der Waals surface area (Å²) in [5.41, 5.74) is 8.41. The first kappa shape index (κ1) is 14.2. The van der Waals surface area contributed by atoms with Crippen molar-refractivity contribution in [2.45, 2.75) is 0 Å². The minimum absolute atomic E-state index is 0.0840. The monoisotopic (exact) mass is 313 g/mol. The molecule has 0 saturated heterocycles. The van der Waals surface area contributed by atoms with Crippen LogP contribution in [-0.4, -0.2) is 27.0 Å². The fraction of sp³-hybridized carbons (Fsp3) is 0.0667. The number of nitrogens with zero attached hydrogens (tertiary/aromatic N) is 4. The van der Waals surface area contributed by atoms with Gasteiger partial charge in [-0.25, -0.2) is 15.0 Å². The highest BCUT2D eigenvalue weighted by Gasteiger charge is 2.13. The summed E-state index contributed by atoms with van der Waals surface area (Å²) in [6.45, 7) is 0. The van der Waals surface area contributed by atoms with Gasteiger partial charge in [-0.1, -0.05) is 11.6 Å². The first-order valence-electron chi connectivity index (χ1n) is 6.43. The van der Waals surface area contributed by atoms with Crippen LogP contribution in [0.25, 0.3) is 22.6 Å². The molecule has 0 saturated carbocycles. The Labute approximate surface area is 132 Å². The van der Waals surface area contributed by atoms with Crippen LogP contribution in [0.4, 0.5) is 5.95 Å². The fourth-order valence-electron chi connectivity index (χ4n) is 2.03. The summed E-state index contributed by atoms with van der Waals surface area (Å²) in [6, 6.07) is 9.03. The SMILES string of the molecule is COc1ccc(-c2ccncc2)nc1-c1cc(Cl)nc(N)n1. The molecule has 2 N–H and O–H groups in total. The molecule has 7 heteroatoms. The maximum Gasteiger partial charge on any atom is 0.222 e. The number of hydrogen-bond donors (Lipinski definition) is 1. The van der Waals surface area contributed by atoms with E-state index < -0.39 is 0 Å². The lowest BCUT2D eigenvalue weighted by molar-refractivity contribution is 0.415. The molecule has 0 aliphatic carbocycles. The number of halogens is 1. The third-order valence-electron chi connectivity index (χ3n) is 3.01. The molecule has 3 aromatic rings. The van der Waals surface area contributed by atoms with Crippen LogP contribution in [0.2, 0.25) is 5.15 Å². The molecule has 3 rings (SSSR count). The maximum absolute atomic E-state index is 5.94. The quantitative estimate of drug-likeness (QED) is 0.748. The molecule has 0 atom stereocenters. The highest BCUT2D eigenvalue weighted by molar-refractivity contribution is 6.29. The van der Waals surface area contributed by atoms with Gasteiger partial charge in [0.15, 0.2) is 0 Å². The van der Waals surface area contributed by atoms with E-state index in [1.165, 1.54) is 0 Å². The predicted molar refractivity (Wildman–Crippen MR) is 84.5 cm³/mol. The van der Waals surface area contributed by atoms with Crippen molar-refractivity contribution < 1.29 is 4.74 Å². The Morgan fingerprint density at radius 1 is 1.00 bits per heavy atom. The minimum Gasteiger partial charge on any atom is -0.494 e. The van der Waals surface area contributed by atoms with E-state index >= 15 is 0 Å². The molecule has 6 nitrogen and oxygen atoms in total. The fourth-order valence-corrected chi connectivity index (χ4v) is 2.22. The standard InChI is InChI=1S/C15H12ClN5O/c1-22-12-3-2-10(9-4-6-18-7-5-9)19-14(12)11-8-13(16)21-15(17)20-11/h2-8H,1H3,(H2,17,20,21). The average Bonchev–Trinajstić information content (AvgIpc) is 2.54. The summed E-state index contributed by atoms with van der Waals surface area (Å²) in [5, 5.41) is 0.251. The van der Waals surface area contributed by atoms with Gasteiger partial charge in [0.05, 0.1) is 18.5 Å². The largest absolute Gasteiger partial charge is 0.494 e. The predicted octanol–water partition coefficient (Wildman–Crippen LogP) is 2.84. The Morgan fingerprint density at radius 2 is 1.77 bits per heavy atom. The van der Waals surface area contributed by atoms with Crippen LogP contribution < -0.4 is 10.5 Å². The van der Waals surface area contributed by atoms with E-state index in [9.17, 15) is 0 Å². The van der Waals surface area contributed by atoms with Crippen LogP contribution in [0.5, 0.6) is 5.75 Å². The molecule has 0 bridgehead atoms. The zero-order chi connectivity index (χ0) is 15.5. The number of aromatic nitrogens is 4. The Morgan fingerprint density at radius 3 is 2.45 bits per heavy atom. The number of pyridine rings is 2. The summed E-state index contributed by atoms with van der Waals surface area (Å²) in [4.78, 5) is 16.6. The van der Waals surface area contributed by atoms with Crippen LogP contribution in [0.3, 0.4) is 0 Å². The van der Waals surface area contributed by atoms with Gasteiger partial charge in [0, 0.05) is 24.0 Å². The van der Waals surface area contributed by atoms with Crippen molar-refractivity contribution in [2.75, 3.05) is 12.8 Å². The summed E-state index contributed by atoms with van der Waals surface area (Å²) in [7, 11) is 1.57. The zero-order valence-corrected chi connectivity index (χ0v) is 12.4. The Hall–Kier alpha value is -2.73. The van der Waals surface area contributed by atoms with Crippen molar-refractivity contribution in [3.63, 3.8) is 0 Å². The third kappa shape index (κ3) is 2.82. The summed E-state index contributed by atoms with van der Waals surface area (Å²) in [5.74, 6) is 0.660. The van der Waals surface area contributed by atoms with Crippen LogP contribution in [0, 0.1) is 0 Å². The lowest BCUT2D eigenvalue weighted by Crippen LogP contribution is -2.00. The minimum atomic E-state index is 0.0840. The highest BCUT2D eigenvalue weighted by atomic mass is 35.5. The topological polar surface area (TPSA) is 86.8 Å². The summed E-state index contributed by atoms with van der Waals surface area (Å²) >= 11 is 5.94. The number of nitrogen functional groups attached to an aromatic ring is 1. The second-order valence-corrected chi connectivity index (χ2v) is 4.80. The summed E-state index contributed by atoms with van der Waals surface area (Å²) < 4.78 is 5.35. The van der Waals surface area contributed by atoms with E-state index in [-0.39, 0.29) is 11.1 Å². The molecule has 3 heterocycles. The Bertz CT molecular complexity index is 790. The van der Waals surface area contributed by atoms with Gasteiger partial charge in [-0.2, -0.15) is 0 Å². The smallest absolute Gasteiger partial charge is 0.222 e. The number of ether oxygens (including phenoxy) is 1. The molecule has 0 unspecified atom stereocenters. The third-order valence-corrected chi connectivity index (χ3v) is 3.20. The molecule has 3 aromatic heterocycles. The Balaban J connectivity index is 2.17. The zero-order valence-electron chi connectivity index (χ0n) is 11.7. The van der Waals surface area contributed by atoms with Crippen molar-refractivity contribution in [2.24, 2.45) is 0 Å². The number of hydrogen-bond acceptors (Lipinski definition) is 6. The first-order chi connectivity index (χ1) is 10.7. The maximum atomic E-state index is 5.94. The van der Waals surface area contributed by atoms with Crippen LogP contribution in [0.1, 0.15) is 0 Å². The van der Waals surface area contributed by atoms with Gasteiger partial charge in [0.2, 0.25) is 5.95 Å². The molecule has 0 aliphatic rings. The van der Waals surface area contributed by atoms with E-state index in [4.69, 9.17) is 22.1 Å². The number of nitrogens with two attached hydrogens (primary N) is 1. The lowest BCUT2D eigenvalue weighted by atomic mass is 10.1. The Kier molecular flexibility index (Phi) is 3.84. The van der Waals surface area contributed by atoms with Gasteiger partial charge >= 0.3 is 0 Å². The van der Waals surface area contributed by atoms with Crippen LogP contribution in [0.15, 0.2) is 42.7 Å². The highest BCUT2D eigenvalue weighted by Crippen LogP contribution is 2.31. The number of anilines is 1.